The molecule has 0 aliphatic rings. The molecule has 0 spiro atoms. The third kappa shape index (κ3) is 8.12. The molecule has 3 rings (SSSR count). The molecule has 3 aromatic rings. The lowest BCUT2D eigenvalue weighted by molar-refractivity contribution is -0.137. The van der Waals surface area contributed by atoms with E-state index in [0.717, 1.165) is 60.1 Å². The predicted molar refractivity (Wildman–Crippen MR) is 147 cm³/mol. The zero-order chi connectivity index (χ0) is 26.0. The molecular formula is C29H37Cl2NO3. The Morgan fingerprint density at radius 3 is 2.26 bits per heavy atom. The maximum absolute atomic E-state index is 13.3. The van der Waals surface area contributed by atoms with E-state index in [4.69, 9.17) is 28.3 Å². The van der Waals surface area contributed by atoms with E-state index in [-0.39, 0.29) is 24.5 Å². The van der Waals surface area contributed by atoms with Gasteiger partial charge in [0.15, 0.2) is 5.78 Å². The van der Waals surface area contributed by atoms with Gasteiger partial charge in [-0.25, -0.2) is 0 Å². The first-order chi connectivity index (χ1) is 16.8. The molecule has 35 heavy (non-hydrogen) atoms. The molecular weight excluding hydrogens is 481 g/mol. The third-order valence-corrected chi connectivity index (χ3v) is 6.79. The average molecular weight is 519 g/mol. The van der Waals surface area contributed by atoms with Crippen LogP contribution in [0.15, 0.2) is 42.5 Å². The maximum atomic E-state index is 13.3. The number of aromatic nitrogens is 1. The lowest BCUT2D eigenvalue weighted by Gasteiger charge is -2.11. The smallest absolute Gasteiger partial charge is 0.303 e. The Morgan fingerprint density at radius 2 is 1.60 bits per heavy atom. The van der Waals surface area contributed by atoms with E-state index in [1.807, 2.05) is 64.2 Å². The first-order valence-corrected chi connectivity index (χ1v) is 13.3. The molecule has 190 valence electrons. The topological polar surface area (TPSA) is 59.3 Å². The van der Waals surface area contributed by atoms with E-state index in [0.29, 0.717) is 10.6 Å². The highest BCUT2D eigenvalue weighted by molar-refractivity contribution is 6.31. The minimum Gasteiger partial charge on any atom is -0.481 e. The van der Waals surface area contributed by atoms with Crippen LogP contribution in [0.2, 0.25) is 10.0 Å². The average Bonchev–Trinajstić information content (AvgIpc) is 3.08. The van der Waals surface area contributed by atoms with E-state index >= 15 is 0 Å². The first kappa shape index (κ1) is 28.9. The number of carbonyl (C=O) groups excluding carboxylic acids is 1. The van der Waals surface area contributed by atoms with Crippen molar-refractivity contribution in [3.63, 3.8) is 0 Å². The minimum absolute atomic E-state index is 0.00895. The van der Waals surface area contributed by atoms with Crippen molar-refractivity contribution in [2.24, 2.45) is 13.0 Å². The standard InChI is InChI=1S/C27H31Cl2NO3.C2H6/c1-18(16-26(32)33)15-25(31)27-21-17-20(28)13-14-23(21)30(2)24(27)12-6-4-3-5-9-19-10-7-8-11-22(19)29;1-2/h7-8,10-11,13-14,17-18H,3-6,9,12,15-16H2,1-2H3,(H,32,33);1-2H3. The molecule has 0 aliphatic carbocycles. The molecule has 4 nitrogen and oxygen atoms in total. The monoisotopic (exact) mass is 517 g/mol. The van der Waals surface area contributed by atoms with Crippen LogP contribution in [0, 0.1) is 5.92 Å². The van der Waals surface area contributed by atoms with Crippen molar-refractivity contribution in [2.75, 3.05) is 0 Å². The van der Waals surface area contributed by atoms with Gasteiger partial charge in [0.2, 0.25) is 0 Å². The number of fused-ring (bicyclic) bond motifs is 1. The van der Waals surface area contributed by atoms with Gasteiger partial charge in [0.05, 0.1) is 0 Å². The molecule has 1 unspecified atom stereocenters. The maximum Gasteiger partial charge on any atom is 0.303 e. The number of benzene rings is 2. The van der Waals surface area contributed by atoms with Gasteiger partial charge < -0.3 is 9.67 Å². The van der Waals surface area contributed by atoms with Crippen molar-refractivity contribution in [2.45, 2.75) is 72.1 Å². The summed E-state index contributed by atoms with van der Waals surface area (Å²) in [5.41, 5.74) is 3.87. The number of carboxylic acid groups (broad SMARTS) is 1. The van der Waals surface area contributed by atoms with Crippen LogP contribution >= 0.6 is 23.2 Å². The molecule has 0 saturated carbocycles. The zero-order valence-corrected chi connectivity index (χ0v) is 22.8. The van der Waals surface area contributed by atoms with Crippen molar-refractivity contribution in [3.05, 3.63) is 69.3 Å². The fourth-order valence-corrected chi connectivity index (χ4v) is 4.93. The molecule has 6 heteroatoms. The second-order valence-corrected chi connectivity index (χ2v) is 9.72. The van der Waals surface area contributed by atoms with Crippen LogP contribution in [0.5, 0.6) is 0 Å². The summed E-state index contributed by atoms with van der Waals surface area (Å²) in [6.07, 6.45) is 6.18. The highest BCUT2D eigenvalue weighted by atomic mass is 35.5. The summed E-state index contributed by atoms with van der Waals surface area (Å²) in [5, 5.41) is 11.3. The number of ketones is 1. The summed E-state index contributed by atoms with van der Waals surface area (Å²) in [4.78, 5) is 24.3. The van der Waals surface area contributed by atoms with Crippen LogP contribution in [0.4, 0.5) is 0 Å². The van der Waals surface area contributed by atoms with Crippen molar-refractivity contribution >= 4 is 45.9 Å². The summed E-state index contributed by atoms with van der Waals surface area (Å²) in [6, 6.07) is 13.6. The van der Waals surface area contributed by atoms with E-state index in [2.05, 4.69) is 10.6 Å². The Kier molecular flexibility index (Phi) is 11.8. The molecule has 0 radical (unpaired) electrons. The second kappa shape index (κ2) is 14.3. The normalized spacial score (nSPS) is 11.7. The van der Waals surface area contributed by atoms with E-state index < -0.39 is 5.97 Å². The van der Waals surface area contributed by atoms with E-state index in [9.17, 15) is 9.59 Å². The van der Waals surface area contributed by atoms with Crippen LogP contribution in [-0.4, -0.2) is 21.4 Å². The molecule has 1 atom stereocenters. The van der Waals surface area contributed by atoms with Gasteiger partial charge in [0.1, 0.15) is 0 Å². The van der Waals surface area contributed by atoms with Crippen molar-refractivity contribution < 1.29 is 14.7 Å². The Bertz CT molecular complexity index is 1140. The summed E-state index contributed by atoms with van der Waals surface area (Å²) in [7, 11) is 1.99. The summed E-state index contributed by atoms with van der Waals surface area (Å²) >= 11 is 12.5. The Morgan fingerprint density at radius 1 is 0.943 bits per heavy atom. The summed E-state index contributed by atoms with van der Waals surface area (Å²) in [5.74, 6) is -1.11. The van der Waals surface area contributed by atoms with Crippen LogP contribution in [0.25, 0.3) is 10.9 Å². The Labute approximate surface area is 219 Å². The van der Waals surface area contributed by atoms with Gasteiger partial charge in [-0.3, -0.25) is 9.59 Å². The molecule has 0 saturated heterocycles. The van der Waals surface area contributed by atoms with Crippen LogP contribution in [0.3, 0.4) is 0 Å². The Balaban J connectivity index is 0.00000210. The lowest BCUT2D eigenvalue weighted by atomic mass is 9.94. The van der Waals surface area contributed by atoms with Crippen molar-refractivity contribution in [1.82, 2.24) is 4.57 Å². The number of unbranched alkanes of at least 4 members (excludes halogenated alkanes) is 3. The molecule has 2 aromatic carbocycles. The molecule has 1 N–H and O–H groups in total. The van der Waals surface area contributed by atoms with E-state index in [1.54, 1.807) is 0 Å². The number of Topliss-reactive ketones (excluding diaryl/α,β-unsaturated/α-hetero) is 1. The fraction of sp³-hybridized carbons (Fsp3) is 0.448. The molecule has 0 bridgehead atoms. The predicted octanol–water partition coefficient (Wildman–Crippen LogP) is 8.54. The quantitative estimate of drug-likeness (QED) is 0.193. The molecule has 0 aliphatic heterocycles. The number of halogens is 2. The molecule has 0 amide bonds. The van der Waals surface area contributed by atoms with Gasteiger partial charge in [0, 0.05) is 52.1 Å². The van der Waals surface area contributed by atoms with Crippen molar-refractivity contribution in [1.29, 1.82) is 0 Å². The van der Waals surface area contributed by atoms with Gasteiger partial charge >= 0.3 is 5.97 Å². The SMILES string of the molecule is CC.CC(CC(=O)O)CC(=O)c1c(CCCCCCc2ccccc2Cl)n(C)c2ccc(Cl)cc12. The number of rotatable bonds is 12. The summed E-state index contributed by atoms with van der Waals surface area (Å²) < 4.78 is 2.09. The fourth-order valence-electron chi connectivity index (χ4n) is 4.52. The number of nitrogens with zero attached hydrogens (tertiary/aromatic N) is 1. The second-order valence-electron chi connectivity index (χ2n) is 8.88. The van der Waals surface area contributed by atoms with Crippen LogP contribution in [0.1, 0.15) is 80.9 Å². The highest BCUT2D eigenvalue weighted by Gasteiger charge is 2.23. The number of hydrogen-bond acceptors (Lipinski definition) is 2. The van der Waals surface area contributed by atoms with Gasteiger partial charge in [-0.2, -0.15) is 0 Å². The van der Waals surface area contributed by atoms with Crippen LogP contribution < -0.4 is 0 Å². The molecule has 1 heterocycles. The largest absolute Gasteiger partial charge is 0.481 e. The third-order valence-electron chi connectivity index (χ3n) is 6.19. The molecule has 0 fully saturated rings. The van der Waals surface area contributed by atoms with Gasteiger partial charge in [-0.05, 0) is 61.4 Å². The summed E-state index contributed by atoms with van der Waals surface area (Å²) in [6.45, 7) is 5.81. The van der Waals surface area contributed by atoms with Gasteiger partial charge in [-0.1, -0.05) is 75.0 Å². The zero-order valence-electron chi connectivity index (χ0n) is 21.2. The van der Waals surface area contributed by atoms with Crippen LogP contribution in [-0.2, 0) is 24.7 Å². The first-order valence-electron chi connectivity index (χ1n) is 12.5. The minimum atomic E-state index is -0.881. The number of aliphatic carboxylic acids is 1. The number of carboxylic acids is 1. The highest BCUT2D eigenvalue weighted by Crippen LogP contribution is 2.31. The Hall–Kier alpha value is -2.30. The molecule has 1 aromatic heterocycles. The number of hydrogen-bond donors (Lipinski definition) is 1. The van der Waals surface area contributed by atoms with Gasteiger partial charge in [0.25, 0.3) is 0 Å². The number of aryl methyl sites for hydroxylation is 2. The lowest BCUT2D eigenvalue weighted by Crippen LogP contribution is -2.12. The number of carbonyl (C=O) groups is 2. The van der Waals surface area contributed by atoms with Gasteiger partial charge in [-0.15, -0.1) is 0 Å². The van der Waals surface area contributed by atoms with Crippen molar-refractivity contribution in [3.8, 4) is 0 Å². The van der Waals surface area contributed by atoms with E-state index in [1.165, 1.54) is 5.56 Å².